The zero-order valence-corrected chi connectivity index (χ0v) is 9.25. The predicted octanol–water partition coefficient (Wildman–Crippen LogP) is 2.77. The summed E-state index contributed by atoms with van der Waals surface area (Å²) in [6.45, 7) is 0. The average molecular weight is 355 g/mol. The maximum absolute atomic E-state index is 8.64. The van der Waals surface area contributed by atoms with Crippen LogP contribution >= 0.6 is 45.2 Å². The molecule has 50 valence electrons. The molecule has 0 bridgehead atoms. The summed E-state index contributed by atoms with van der Waals surface area (Å²) in [6.07, 6.45) is 0. The monoisotopic (exact) mass is 355 g/mol. The Labute approximate surface area is 86.7 Å². The fraction of sp³-hybridized carbons (Fsp3) is 0. The lowest BCUT2D eigenvalue weighted by molar-refractivity contribution is 1.44. The van der Waals surface area contributed by atoms with Gasteiger partial charge in [0, 0.05) is 7.14 Å². The van der Waals surface area contributed by atoms with Crippen LogP contribution in [0.4, 0.5) is 0 Å². The smallest absolute Gasteiger partial charge is 0.101 e. The van der Waals surface area contributed by atoms with Crippen LogP contribution in [0, 0.1) is 18.5 Å². The highest BCUT2D eigenvalue weighted by atomic mass is 127. The van der Waals surface area contributed by atoms with Crippen molar-refractivity contribution < 1.29 is 0 Å². The highest BCUT2D eigenvalue weighted by Gasteiger charge is 2.00. The van der Waals surface area contributed by atoms with Crippen LogP contribution in [0.15, 0.2) is 18.2 Å². The normalized spacial score (nSPS) is 8.90. The molecule has 0 atom stereocenters. The van der Waals surface area contributed by atoms with Crippen molar-refractivity contribution in [1.29, 1.82) is 5.26 Å². The second-order valence-corrected chi connectivity index (χ2v) is 4.03. The molecular weight excluding hydrogens is 352 g/mol. The summed E-state index contributed by atoms with van der Waals surface area (Å²) in [6, 6.07) is 7.96. The zero-order valence-electron chi connectivity index (χ0n) is 4.94. The quantitative estimate of drug-likeness (QED) is 0.657. The number of benzene rings is 1. The van der Waals surface area contributed by atoms with Crippen molar-refractivity contribution in [3.8, 4) is 6.07 Å². The number of hydrogen-bond acceptors (Lipinski definition) is 1. The maximum atomic E-state index is 8.64. The number of halogens is 2. The topological polar surface area (TPSA) is 23.8 Å². The largest absolute Gasteiger partial charge is 0.192 e. The molecule has 0 amide bonds. The van der Waals surface area contributed by atoms with Gasteiger partial charge in [0.1, 0.15) is 6.07 Å². The Bertz CT molecular complexity index is 268. The molecule has 0 unspecified atom stereocenters. The molecule has 0 saturated heterocycles. The molecular formula is C7H3I2N. The van der Waals surface area contributed by atoms with E-state index < -0.39 is 0 Å². The van der Waals surface area contributed by atoms with Crippen LogP contribution in [0.5, 0.6) is 0 Å². The first-order valence-corrected chi connectivity index (χ1v) is 4.75. The maximum Gasteiger partial charge on any atom is 0.101 e. The van der Waals surface area contributed by atoms with E-state index in [0.717, 1.165) is 12.7 Å². The van der Waals surface area contributed by atoms with Crippen LogP contribution in [-0.2, 0) is 0 Å². The predicted molar refractivity (Wildman–Crippen MR) is 56.6 cm³/mol. The molecule has 3 heteroatoms. The number of rotatable bonds is 0. The van der Waals surface area contributed by atoms with Crippen molar-refractivity contribution in [1.82, 2.24) is 0 Å². The summed E-state index contributed by atoms with van der Waals surface area (Å²) in [5.74, 6) is 0. The SMILES string of the molecule is N#Cc1c(I)cccc1I. The van der Waals surface area contributed by atoms with Gasteiger partial charge in [-0.1, -0.05) is 6.07 Å². The summed E-state index contributed by atoms with van der Waals surface area (Å²) in [7, 11) is 0. The van der Waals surface area contributed by atoms with Gasteiger partial charge in [-0.25, -0.2) is 0 Å². The molecule has 1 nitrogen and oxygen atoms in total. The van der Waals surface area contributed by atoms with Crippen LogP contribution < -0.4 is 0 Å². The Morgan fingerprint density at radius 2 is 1.70 bits per heavy atom. The highest BCUT2D eigenvalue weighted by Crippen LogP contribution is 2.16. The minimum Gasteiger partial charge on any atom is -0.192 e. The summed E-state index contributed by atoms with van der Waals surface area (Å²) >= 11 is 4.32. The second-order valence-electron chi connectivity index (χ2n) is 1.71. The van der Waals surface area contributed by atoms with E-state index in [1.165, 1.54) is 0 Å². The Morgan fingerprint density at radius 1 is 1.20 bits per heavy atom. The van der Waals surface area contributed by atoms with E-state index in [4.69, 9.17) is 5.26 Å². The van der Waals surface area contributed by atoms with Gasteiger partial charge in [-0.05, 0) is 57.3 Å². The van der Waals surface area contributed by atoms with Crippen molar-refractivity contribution in [2.45, 2.75) is 0 Å². The lowest BCUT2D eigenvalue weighted by Crippen LogP contribution is -1.84. The lowest BCUT2D eigenvalue weighted by Gasteiger charge is -1.95. The van der Waals surface area contributed by atoms with Gasteiger partial charge in [0.25, 0.3) is 0 Å². The van der Waals surface area contributed by atoms with Gasteiger partial charge >= 0.3 is 0 Å². The minimum atomic E-state index is 0.781. The van der Waals surface area contributed by atoms with E-state index in [9.17, 15) is 0 Å². The summed E-state index contributed by atoms with van der Waals surface area (Å²) in [5.41, 5.74) is 0.781. The van der Waals surface area contributed by atoms with E-state index in [0.29, 0.717) is 0 Å². The molecule has 0 aliphatic rings. The van der Waals surface area contributed by atoms with E-state index in [2.05, 4.69) is 51.3 Å². The molecule has 0 aliphatic heterocycles. The van der Waals surface area contributed by atoms with Crippen LogP contribution in [0.25, 0.3) is 0 Å². The molecule has 0 fully saturated rings. The van der Waals surface area contributed by atoms with E-state index in [-0.39, 0.29) is 0 Å². The molecule has 0 N–H and O–H groups in total. The van der Waals surface area contributed by atoms with Gasteiger partial charge in [-0.2, -0.15) is 5.26 Å². The number of nitrogens with zero attached hydrogens (tertiary/aromatic N) is 1. The van der Waals surface area contributed by atoms with Gasteiger partial charge in [-0.15, -0.1) is 0 Å². The van der Waals surface area contributed by atoms with Gasteiger partial charge in [0.15, 0.2) is 0 Å². The standard InChI is InChI=1S/C7H3I2N/c8-6-2-1-3-7(9)5(6)4-10/h1-3H. The summed E-state index contributed by atoms with van der Waals surface area (Å²) in [4.78, 5) is 0. The molecule has 0 aromatic heterocycles. The van der Waals surface area contributed by atoms with Gasteiger partial charge < -0.3 is 0 Å². The molecule has 10 heavy (non-hydrogen) atoms. The first-order chi connectivity index (χ1) is 4.75. The van der Waals surface area contributed by atoms with Crippen molar-refractivity contribution in [2.75, 3.05) is 0 Å². The molecule has 1 rings (SSSR count). The Kier molecular flexibility index (Phi) is 2.92. The third kappa shape index (κ3) is 1.61. The van der Waals surface area contributed by atoms with Gasteiger partial charge in [0.05, 0.1) is 5.56 Å². The fourth-order valence-corrected chi connectivity index (χ4v) is 2.36. The molecule has 0 radical (unpaired) electrons. The molecule has 0 aliphatic carbocycles. The van der Waals surface area contributed by atoms with Crippen molar-refractivity contribution in [3.05, 3.63) is 30.9 Å². The van der Waals surface area contributed by atoms with Gasteiger partial charge in [-0.3, -0.25) is 0 Å². The third-order valence-electron chi connectivity index (χ3n) is 1.07. The summed E-state index contributed by atoms with van der Waals surface area (Å²) < 4.78 is 2.04. The van der Waals surface area contributed by atoms with E-state index in [1.54, 1.807) is 0 Å². The first-order valence-electron chi connectivity index (χ1n) is 2.60. The van der Waals surface area contributed by atoms with Crippen molar-refractivity contribution >= 4 is 45.2 Å². The minimum absolute atomic E-state index is 0.781. The van der Waals surface area contributed by atoms with Crippen LogP contribution in [-0.4, -0.2) is 0 Å². The number of nitriles is 1. The van der Waals surface area contributed by atoms with Gasteiger partial charge in [0.2, 0.25) is 0 Å². The van der Waals surface area contributed by atoms with Crippen molar-refractivity contribution in [2.24, 2.45) is 0 Å². The molecule has 1 aromatic rings. The lowest BCUT2D eigenvalue weighted by atomic mass is 10.2. The Morgan fingerprint density at radius 3 is 2.00 bits per heavy atom. The first kappa shape index (κ1) is 8.27. The van der Waals surface area contributed by atoms with E-state index >= 15 is 0 Å². The third-order valence-corrected chi connectivity index (χ3v) is 2.87. The summed E-state index contributed by atoms with van der Waals surface area (Å²) in [5, 5.41) is 8.64. The molecule has 0 saturated carbocycles. The van der Waals surface area contributed by atoms with Crippen LogP contribution in [0.1, 0.15) is 5.56 Å². The molecule has 0 heterocycles. The zero-order chi connectivity index (χ0) is 7.56. The average Bonchev–Trinajstić information content (AvgIpc) is 1.88. The molecule has 0 spiro atoms. The second kappa shape index (κ2) is 3.53. The van der Waals surface area contributed by atoms with Crippen LogP contribution in [0.2, 0.25) is 0 Å². The fourth-order valence-electron chi connectivity index (χ4n) is 0.605. The molecule has 1 aromatic carbocycles. The Hall–Kier alpha value is 0.170. The van der Waals surface area contributed by atoms with Crippen molar-refractivity contribution in [3.63, 3.8) is 0 Å². The van der Waals surface area contributed by atoms with E-state index in [1.807, 2.05) is 18.2 Å². The van der Waals surface area contributed by atoms with Crippen LogP contribution in [0.3, 0.4) is 0 Å². The number of hydrogen-bond donors (Lipinski definition) is 0. The Balaban J connectivity index is 3.34. The highest BCUT2D eigenvalue weighted by molar-refractivity contribution is 14.1.